The number of nitrogens with zero attached hydrogens (tertiary/aromatic N) is 2. The number of ether oxygens (including phenoxy) is 2. The van der Waals surface area contributed by atoms with Crippen LogP contribution in [-0.2, 0) is 9.47 Å². The van der Waals surface area contributed by atoms with E-state index in [2.05, 4.69) is 10.1 Å². The quantitative estimate of drug-likeness (QED) is 0.759. The van der Waals surface area contributed by atoms with E-state index in [1.54, 1.807) is 0 Å². The van der Waals surface area contributed by atoms with Gasteiger partial charge in [-0.3, -0.25) is 0 Å². The van der Waals surface area contributed by atoms with Crippen LogP contribution in [0, 0.1) is 0 Å². The van der Waals surface area contributed by atoms with E-state index in [1.807, 2.05) is 13.8 Å². The average Bonchev–Trinajstić information content (AvgIpc) is 2.89. The first-order valence-electron chi connectivity index (χ1n) is 5.34. The summed E-state index contributed by atoms with van der Waals surface area (Å²) in [5.74, 6) is 1.56. The zero-order chi connectivity index (χ0) is 10.7. The molecule has 0 N–H and O–H groups in total. The molecular formula is C10H16N2O3. The molecule has 1 aromatic heterocycles. The van der Waals surface area contributed by atoms with Gasteiger partial charge in [-0.2, -0.15) is 4.98 Å². The van der Waals surface area contributed by atoms with Crippen LogP contribution in [0.5, 0.6) is 0 Å². The molecule has 15 heavy (non-hydrogen) atoms. The van der Waals surface area contributed by atoms with Gasteiger partial charge in [0.15, 0.2) is 5.82 Å². The second-order valence-corrected chi connectivity index (χ2v) is 3.65. The number of hydrogen-bond donors (Lipinski definition) is 0. The van der Waals surface area contributed by atoms with Gasteiger partial charge in [-0.25, -0.2) is 0 Å². The van der Waals surface area contributed by atoms with Crippen molar-refractivity contribution in [1.29, 1.82) is 0 Å². The first kappa shape index (κ1) is 10.6. The molecule has 1 aromatic rings. The monoisotopic (exact) mass is 212 g/mol. The molecule has 1 saturated heterocycles. The second kappa shape index (κ2) is 4.72. The maximum absolute atomic E-state index is 5.39. The lowest BCUT2D eigenvalue weighted by Gasteiger charge is -2.05. The zero-order valence-electron chi connectivity index (χ0n) is 9.10. The third kappa shape index (κ3) is 2.35. The molecule has 0 amide bonds. The van der Waals surface area contributed by atoms with E-state index in [4.69, 9.17) is 14.0 Å². The average molecular weight is 212 g/mol. The van der Waals surface area contributed by atoms with Gasteiger partial charge in [-0.15, -0.1) is 0 Å². The minimum absolute atomic E-state index is 0.102. The van der Waals surface area contributed by atoms with Crippen molar-refractivity contribution in [2.45, 2.75) is 32.3 Å². The Morgan fingerprint density at radius 3 is 3.13 bits per heavy atom. The summed E-state index contributed by atoms with van der Waals surface area (Å²) in [5, 5.41) is 3.91. The van der Waals surface area contributed by atoms with Gasteiger partial charge >= 0.3 is 0 Å². The lowest BCUT2D eigenvalue weighted by atomic mass is 10.1. The predicted molar refractivity (Wildman–Crippen MR) is 52.5 cm³/mol. The van der Waals surface area contributed by atoms with Crippen molar-refractivity contribution in [3.05, 3.63) is 11.7 Å². The van der Waals surface area contributed by atoms with E-state index in [0.29, 0.717) is 24.9 Å². The maximum Gasteiger partial charge on any atom is 0.232 e. The molecule has 1 aliphatic heterocycles. The normalized spacial score (nSPS) is 23.2. The largest absolute Gasteiger partial charge is 0.381 e. The molecule has 0 spiro atoms. The molecule has 2 atom stereocenters. The Hall–Kier alpha value is -0.940. The van der Waals surface area contributed by atoms with Gasteiger partial charge in [0, 0.05) is 13.2 Å². The molecule has 1 aliphatic rings. The fourth-order valence-corrected chi connectivity index (χ4v) is 1.63. The summed E-state index contributed by atoms with van der Waals surface area (Å²) in [6.45, 7) is 5.98. The van der Waals surface area contributed by atoms with Gasteiger partial charge in [0.1, 0.15) is 6.10 Å². The standard InChI is InChI=1S/C10H16N2O3/c1-3-14-7(2)9-11-10(15-12-9)8-4-5-13-6-8/h7-8H,3-6H2,1-2H3/t7-,8+/m1/s1. The molecule has 0 aliphatic carbocycles. The smallest absolute Gasteiger partial charge is 0.232 e. The molecule has 5 heteroatoms. The van der Waals surface area contributed by atoms with Crippen molar-refractivity contribution in [2.75, 3.05) is 19.8 Å². The van der Waals surface area contributed by atoms with Crippen LogP contribution in [0.2, 0.25) is 0 Å². The SMILES string of the molecule is CCO[C@H](C)c1noc([C@H]2CCOC2)n1. The van der Waals surface area contributed by atoms with Gasteiger partial charge < -0.3 is 14.0 Å². The van der Waals surface area contributed by atoms with Crippen LogP contribution in [0.25, 0.3) is 0 Å². The van der Waals surface area contributed by atoms with Gasteiger partial charge in [-0.05, 0) is 20.3 Å². The Morgan fingerprint density at radius 2 is 2.47 bits per heavy atom. The molecule has 0 saturated carbocycles. The Balaban J connectivity index is 2.02. The van der Waals surface area contributed by atoms with Gasteiger partial charge in [0.2, 0.25) is 5.89 Å². The van der Waals surface area contributed by atoms with Crippen molar-refractivity contribution < 1.29 is 14.0 Å². The minimum atomic E-state index is -0.102. The summed E-state index contributed by atoms with van der Waals surface area (Å²) < 4.78 is 15.9. The highest BCUT2D eigenvalue weighted by molar-refractivity contribution is 4.97. The summed E-state index contributed by atoms with van der Waals surface area (Å²) >= 11 is 0. The van der Waals surface area contributed by atoms with Crippen LogP contribution in [0.4, 0.5) is 0 Å². The third-order valence-electron chi connectivity index (χ3n) is 2.52. The molecule has 0 unspecified atom stereocenters. The summed E-state index contributed by atoms with van der Waals surface area (Å²) in [6, 6.07) is 0. The van der Waals surface area contributed by atoms with Crippen LogP contribution in [0.3, 0.4) is 0 Å². The second-order valence-electron chi connectivity index (χ2n) is 3.65. The first-order valence-corrected chi connectivity index (χ1v) is 5.34. The molecule has 0 aromatic carbocycles. The van der Waals surface area contributed by atoms with Gasteiger partial charge in [-0.1, -0.05) is 5.16 Å². The van der Waals surface area contributed by atoms with Crippen molar-refractivity contribution in [2.24, 2.45) is 0 Å². The van der Waals surface area contributed by atoms with E-state index >= 15 is 0 Å². The van der Waals surface area contributed by atoms with Crippen molar-refractivity contribution in [3.8, 4) is 0 Å². The Morgan fingerprint density at radius 1 is 1.60 bits per heavy atom. The molecule has 5 nitrogen and oxygen atoms in total. The number of hydrogen-bond acceptors (Lipinski definition) is 5. The third-order valence-corrected chi connectivity index (χ3v) is 2.52. The van der Waals surface area contributed by atoms with Gasteiger partial charge in [0.25, 0.3) is 0 Å². The molecule has 2 rings (SSSR count). The summed E-state index contributed by atoms with van der Waals surface area (Å²) in [6.07, 6.45) is 0.861. The van der Waals surface area contributed by atoms with Crippen molar-refractivity contribution >= 4 is 0 Å². The van der Waals surface area contributed by atoms with E-state index in [9.17, 15) is 0 Å². The van der Waals surface area contributed by atoms with Crippen molar-refractivity contribution in [3.63, 3.8) is 0 Å². The Bertz CT molecular complexity index is 307. The van der Waals surface area contributed by atoms with Gasteiger partial charge in [0.05, 0.1) is 12.5 Å². The van der Waals surface area contributed by atoms with E-state index in [1.165, 1.54) is 0 Å². The van der Waals surface area contributed by atoms with Crippen LogP contribution in [0.15, 0.2) is 4.52 Å². The van der Waals surface area contributed by atoms with Crippen LogP contribution >= 0.6 is 0 Å². The first-order chi connectivity index (χ1) is 7.31. The highest BCUT2D eigenvalue weighted by Gasteiger charge is 2.24. The van der Waals surface area contributed by atoms with Crippen LogP contribution in [-0.4, -0.2) is 30.0 Å². The lowest BCUT2D eigenvalue weighted by Crippen LogP contribution is -2.03. The summed E-state index contributed by atoms with van der Waals surface area (Å²) in [7, 11) is 0. The molecule has 84 valence electrons. The highest BCUT2D eigenvalue weighted by Crippen LogP contribution is 2.24. The summed E-state index contributed by atoms with van der Waals surface area (Å²) in [5.41, 5.74) is 0. The van der Waals surface area contributed by atoms with E-state index < -0.39 is 0 Å². The lowest BCUT2D eigenvalue weighted by molar-refractivity contribution is 0.0683. The number of rotatable bonds is 4. The zero-order valence-corrected chi connectivity index (χ0v) is 9.10. The topological polar surface area (TPSA) is 57.4 Å². The molecular weight excluding hydrogens is 196 g/mol. The predicted octanol–water partition coefficient (Wildman–Crippen LogP) is 1.67. The molecule has 0 radical (unpaired) electrons. The fraction of sp³-hybridized carbons (Fsp3) is 0.800. The minimum Gasteiger partial charge on any atom is -0.381 e. The number of aromatic nitrogens is 2. The molecule has 1 fully saturated rings. The molecule has 0 bridgehead atoms. The van der Waals surface area contributed by atoms with E-state index in [-0.39, 0.29) is 12.0 Å². The van der Waals surface area contributed by atoms with Crippen LogP contribution < -0.4 is 0 Å². The maximum atomic E-state index is 5.39. The molecule has 2 heterocycles. The summed E-state index contributed by atoms with van der Waals surface area (Å²) in [4.78, 5) is 4.33. The van der Waals surface area contributed by atoms with Crippen molar-refractivity contribution in [1.82, 2.24) is 10.1 Å². The van der Waals surface area contributed by atoms with E-state index in [0.717, 1.165) is 13.0 Å². The Kier molecular flexibility index (Phi) is 3.33. The fourth-order valence-electron chi connectivity index (χ4n) is 1.63. The Labute approximate surface area is 88.8 Å². The highest BCUT2D eigenvalue weighted by atomic mass is 16.5. The van der Waals surface area contributed by atoms with Crippen LogP contribution in [0.1, 0.15) is 44.0 Å².